The van der Waals surface area contributed by atoms with Crippen molar-refractivity contribution >= 4 is 10.4 Å². The lowest BCUT2D eigenvalue weighted by molar-refractivity contribution is -0.338. The summed E-state index contributed by atoms with van der Waals surface area (Å²) < 4.78 is 67.9. The molecule has 3 aliphatic heterocycles. The predicted molar refractivity (Wildman–Crippen MR) is 85.3 cm³/mol. The van der Waals surface area contributed by atoms with Crippen molar-refractivity contribution in [1.29, 1.82) is 0 Å². The van der Waals surface area contributed by atoms with Gasteiger partial charge in [0.25, 0.3) is 0 Å². The van der Waals surface area contributed by atoms with Gasteiger partial charge in [0.05, 0.1) is 13.2 Å². The van der Waals surface area contributed by atoms with E-state index in [0.717, 1.165) is 0 Å². The number of aliphatic hydroxyl groups is 3. The van der Waals surface area contributed by atoms with Crippen molar-refractivity contribution in [2.45, 2.75) is 61.4 Å². The molecular weight excluding hydrogens is 408 g/mol. The zero-order valence-corrected chi connectivity index (χ0v) is 15.9. The van der Waals surface area contributed by atoms with Crippen LogP contribution in [0.25, 0.3) is 0 Å². The van der Waals surface area contributed by atoms with Crippen LogP contribution in [0.1, 0.15) is 0 Å². The first-order valence-electron chi connectivity index (χ1n) is 8.46. The Labute approximate surface area is 160 Å². The monoisotopic (exact) mass is 432 g/mol. The zero-order chi connectivity index (χ0) is 20.6. The van der Waals surface area contributed by atoms with E-state index < -0.39 is 78.4 Å². The molecular formula is C14H24O13S. The molecule has 3 heterocycles. The Bertz CT molecular complexity index is 629. The summed E-state index contributed by atoms with van der Waals surface area (Å²) in [5, 5.41) is 30.3. The Morgan fingerprint density at radius 1 is 1.00 bits per heavy atom. The van der Waals surface area contributed by atoms with Crippen LogP contribution in [0.4, 0.5) is 0 Å². The summed E-state index contributed by atoms with van der Waals surface area (Å²) in [5.41, 5.74) is 0. The Balaban J connectivity index is 1.75. The number of hydrogen-bond donors (Lipinski definition) is 4. The average molecular weight is 432 g/mol. The van der Waals surface area contributed by atoms with Crippen molar-refractivity contribution in [1.82, 2.24) is 0 Å². The van der Waals surface area contributed by atoms with Gasteiger partial charge in [-0.15, -0.1) is 0 Å². The fourth-order valence-electron chi connectivity index (χ4n) is 3.62. The van der Waals surface area contributed by atoms with Crippen molar-refractivity contribution in [2.24, 2.45) is 0 Å². The Morgan fingerprint density at radius 3 is 2.29 bits per heavy atom. The first-order valence-corrected chi connectivity index (χ1v) is 9.83. The van der Waals surface area contributed by atoms with E-state index in [1.807, 2.05) is 0 Å². The van der Waals surface area contributed by atoms with Crippen molar-refractivity contribution in [3.05, 3.63) is 0 Å². The summed E-state index contributed by atoms with van der Waals surface area (Å²) in [7, 11) is -2.37. The van der Waals surface area contributed by atoms with E-state index in [9.17, 15) is 23.7 Å². The van der Waals surface area contributed by atoms with Gasteiger partial charge in [0.1, 0.15) is 48.8 Å². The zero-order valence-electron chi connectivity index (χ0n) is 15.1. The molecule has 0 spiro atoms. The Morgan fingerprint density at radius 2 is 1.71 bits per heavy atom. The molecule has 0 amide bonds. The summed E-state index contributed by atoms with van der Waals surface area (Å²) in [6, 6.07) is 0. The van der Waals surface area contributed by atoms with Gasteiger partial charge in [0, 0.05) is 14.2 Å². The van der Waals surface area contributed by atoms with Gasteiger partial charge in [-0.3, -0.25) is 4.55 Å². The third-order valence-electron chi connectivity index (χ3n) is 4.89. The minimum Gasteiger partial charge on any atom is -0.394 e. The number of methoxy groups -OCH3 is 2. The van der Waals surface area contributed by atoms with Crippen molar-refractivity contribution < 1.29 is 60.9 Å². The van der Waals surface area contributed by atoms with E-state index in [1.165, 1.54) is 14.2 Å². The summed E-state index contributed by atoms with van der Waals surface area (Å²) in [6.07, 6.45) is -11.4. The third kappa shape index (κ3) is 4.33. The number of aliphatic hydroxyl groups excluding tert-OH is 3. The maximum absolute atomic E-state index is 11.1. The molecule has 4 N–H and O–H groups in total. The largest absolute Gasteiger partial charge is 0.397 e. The fourth-order valence-corrected chi connectivity index (χ4v) is 4.13. The summed E-state index contributed by atoms with van der Waals surface area (Å²) in [4.78, 5) is 0. The van der Waals surface area contributed by atoms with E-state index in [0.29, 0.717) is 0 Å². The molecule has 3 rings (SSSR count). The first-order chi connectivity index (χ1) is 13.2. The highest BCUT2D eigenvalue weighted by molar-refractivity contribution is 7.80. The molecule has 3 aliphatic rings. The van der Waals surface area contributed by atoms with Crippen LogP contribution in [-0.4, -0.2) is 117 Å². The number of rotatable bonds is 7. The van der Waals surface area contributed by atoms with Gasteiger partial charge in [-0.25, -0.2) is 4.18 Å². The van der Waals surface area contributed by atoms with Crippen LogP contribution >= 0.6 is 0 Å². The van der Waals surface area contributed by atoms with Gasteiger partial charge >= 0.3 is 10.4 Å². The third-order valence-corrected chi connectivity index (χ3v) is 5.36. The van der Waals surface area contributed by atoms with Crippen LogP contribution in [0.2, 0.25) is 0 Å². The molecule has 2 bridgehead atoms. The fraction of sp³-hybridized carbons (Fsp3) is 1.00. The highest BCUT2D eigenvalue weighted by atomic mass is 32.3. The molecule has 10 atom stereocenters. The lowest BCUT2D eigenvalue weighted by Gasteiger charge is -2.45. The molecule has 10 unspecified atom stereocenters. The molecule has 164 valence electrons. The standard InChI is InChI=1S/C14H24O13S/c1-21-11-7(16)14(24-5(3-15)10(11)27-28(18,19)20)26-9-6-4-23-12(9)8(17)13(22-2)25-6/h5-17H,3-4H2,1-2H3,(H,18,19,20). The quantitative estimate of drug-likeness (QED) is 0.295. The van der Waals surface area contributed by atoms with Gasteiger partial charge < -0.3 is 43.7 Å². The predicted octanol–water partition coefficient (Wildman–Crippen LogP) is -3.22. The lowest BCUT2D eigenvalue weighted by Crippen LogP contribution is -2.63. The molecule has 0 aromatic heterocycles. The van der Waals surface area contributed by atoms with Gasteiger partial charge in [-0.2, -0.15) is 8.42 Å². The molecule has 0 aromatic rings. The molecule has 0 aliphatic carbocycles. The molecule has 28 heavy (non-hydrogen) atoms. The minimum atomic E-state index is -4.91. The van der Waals surface area contributed by atoms with Crippen LogP contribution in [0, 0.1) is 0 Å². The minimum absolute atomic E-state index is 0.112. The van der Waals surface area contributed by atoms with Crippen molar-refractivity contribution in [3.8, 4) is 0 Å². The summed E-state index contributed by atoms with van der Waals surface area (Å²) in [6.45, 7) is -0.605. The van der Waals surface area contributed by atoms with Crippen LogP contribution in [0.3, 0.4) is 0 Å². The van der Waals surface area contributed by atoms with Gasteiger partial charge in [-0.1, -0.05) is 0 Å². The molecule has 14 heteroatoms. The maximum Gasteiger partial charge on any atom is 0.397 e. The number of hydrogen-bond acceptors (Lipinski definition) is 12. The van der Waals surface area contributed by atoms with Crippen LogP contribution < -0.4 is 0 Å². The molecule has 13 nitrogen and oxygen atoms in total. The SMILES string of the molecule is COC1OC2COC(C1O)C2OC1OC(CO)C(OS(=O)(=O)O)C(OC)C1O. The smallest absolute Gasteiger partial charge is 0.394 e. The van der Waals surface area contributed by atoms with Gasteiger partial charge in [-0.05, 0) is 0 Å². The molecule has 0 aromatic carbocycles. The normalized spacial score (nSPS) is 46.6. The summed E-state index contributed by atoms with van der Waals surface area (Å²) >= 11 is 0. The number of fused-ring (bicyclic) bond motifs is 2. The second-order valence-corrected chi connectivity index (χ2v) is 7.62. The van der Waals surface area contributed by atoms with E-state index in [4.69, 9.17) is 33.0 Å². The highest BCUT2D eigenvalue weighted by Crippen LogP contribution is 2.35. The molecule has 3 fully saturated rings. The topological polar surface area (TPSA) is 180 Å². The van der Waals surface area contributed by atoms with E-state index in [1.54, 1.807) is 0 Å². The average Bonchev–Trinajstić information content (AvgIpc) is 2.94. The lowest BCUT2D eigenvalue weighted by atomic mass is 9.98. The first kappa shape index (κ1) is 22.2. The number of ether oxygens (including phenoxy) is 6. The van der Waals surface area contributed by atoms with Crippen molar-refractivity contribution in [3.63, 3.8) is 0 Å². The molecule has 0 saturated carbocycles. The summed E-state index contributed by atoms with van der Waals surface area (Å²) in [5.74, 6) is 0. The Hall–Kier alpha value is -0.490. The second-order valence-electron chi connectivity index (χ2n) is 6.57. The molecule has 3 saturated heterocycles. The van der Waals surface area contributed by atoms with E-state index >= 15 is 0 Å². The highest BCUT2D eigenvalue weighted by Gasteiger charge is 2.55. The van der Waals surface area contributed by atoms with E-state index in [2.05, 4.69) is 4.18 Å². The Kier molecular flexibility index (Phi) is 6.90. The maximum atomic E-state index is 11.1. The van der Waals surface area contributed by atoms with Gasteiger partial charge in [0.15, 0.2) is 12.6 Å². The van der Waals surface area contributed by atoms with Crippen molar-refractivity contribution in [2.75, 3.05) is 27.4 Å². The van der Waals surface area contributed by atoms with E-state index in [-0.39, 0.29) is 6.61 Å². The second kappa shape index (κ2) is 8.71. The molecule has 0 radical (unpaired) electrons. The van der Waals surface area contributed by atoms with Gasteiger partial charge in [0.2, 0.25) is 0 Å². The van der Waals surface area contributed by atoms with Crippen LogP contribution in [0.5, 0.6) is 0 Å². The van der Waals surface area contributed by atoms with Crippen LogP contribution in [-0.2, 0) is 43.0 Å². The van der Waals surface area contributed by atoms with Crippen LogP contribution in [0.15, 0.2) is 0 Å².